The van der Waals surface area contributed by atoms with Crippen molar-refractivity contribution in [3.8, 4) is 5.75 Å². The highest BCUT2D eigenvalue weighted by molar-refractivity contribution is 9.10. The third kappa shape index (κ3) is 5.09. The Morgan fingerprint density at radius 3 is 2.76 bits per heavy atom. The summed E-state index contributed by atoms with van der Waals surface area (Å²) in [6.07, 6.45) is 2.73. The summed E-state index contributed by atoms with van der Waals surface area (Å²) in [6, 6.07) is 4.58. The fraction of sp³-hybridized carbons (Fsp3) is 0.312. The van der Waals surface area contributed by atoms with Gasteiger partial charge in [-0.15, -0.1) is 10.2 Å². The van der Waals surface area contributed by atoms with Crippen LogP contribution >= 0.6 is 15.9 Å². The van der Waals surface area contributed by atoms with E-state index in [1.807, 2.05) is 14.0 Å². The average molecular weight is 415 g/mol. The lowest BCUT2D eigenvalue weighted by Gasteiger charge is -2.14. The molecule has 2 aromatic rings. The van der Waals surface area contributed by atoms with Crippen molar-refractivity contribution in [3.05, 3.63) is 46.0 Å². The Hall–Kier alpha value is -2.29. The van der Waals surface area contributed by atoms with Gasteiger partial charge in [-0.3, -0.25) is 4.79 Å². The van der Waals surface area contributed by atoms with Crippen LogP contribution in [0.2, 0.25) is 0 Å². The van der Waals surface area contributed by atoms with Crippen molar-refractivity contribution in [1.29, 1.82) is 0 Å². The largest absolute Gasteiger partial charge is 0.434 e. The van der Waals surface area contributed by atoms with Crippen molar-refractivity contribution in [2.75, 3.05) is 7.05 Å². The van der Waals surface area contributed by atoms with Crippen LogP contribution in [0, 0.1) is 6.92 Å². The second-order valence-electron chi connectivity index (χ2n) is 5.31. The van der Waals surface area contributed by atoms with E-state index >= 15 is 0 Å². The summed E-state index contributed by atoms with van der Waals surface area (Å²) >= 11 is 3.26. The molecule has 0 bridgehead atoms. The predicted molar refractivity (Wildman–Crippen MR) is 92.0 cm³/mol. The molecular weight excluding hydrogens is 398 g/mol. The number of nitrogens with zero attached hydrogens (tertiary/aromatic N) is 4. The number of halogens is 3. The number of benzene rings is 1. The summed E-state index contributed by atoms with van der Waals surface area (Å²) in [4.78, 5) is 13.7. The minimum Gasteiger partial charge on any atom is -0.434 e. The minimum atomic E-state index is -2.94. The van der Waals surface area contributed by atoms with Crippen LogP contribution in [0.25, 0.3) is 6.08 Å². The molecule has 0 atom stereocenters. The first-order valence-electron chi connectivity index (χ1n) is 7.30. The molecule has 0 unspecified atom stereocenters. The lowest BCUT2D eigenvalue weighted by molar-refractivity contribution is -0.125. The highest BCUT2D eigenvalue weighted by atomic mass is 79.9. The molecule has 0 fully saturated rings. The van der Waals surface area contributed by atoms with Gasteiger partial charge < -0.3 is 14.2 Å². The fourth-order valence-corrected chi connectivity index (χ4v) is 2.40. The fourth-order valence-electron chi connectivity index (χ4n) is 2.02. The highest BCUT2D eigenvalue weighted by Gasteiger charge is 2.12. The van der Waals surface area contributed by atoms with Gasteiger partial charge in [-0.25, -0.2) is 0 Å². The quantitative estimate of drug-likeness (QED) is 0.681. The minimum absolute atomic E-state index is 0.00571. The second kappa shape index (κ2) is 8.19. The molecule has 0 saturated heterocycles. The Labute approximate surface area is 152 Å². The maximum absolute atomic E-state index is 12.5. The summed E-state index contributed by atoms with van der Waals surface area (Å²) < 4.78 is 31.9. The number of ether oxygens (including phenoxy) is 1. The topological polar surface area (TPSA) is 60.3 Å². The third-order valence-electron chi connectivity index (χ3n) is 3.53. The van der Waals surface area contributed by atoms with Crippen molar-refractivity contribution < 1.29 is 18.3 Å². The van der Waals surface area contributed by atoms with Gasteiger partial charge in [0.05, 0.1) is 6.54 Å². The third-order valence-corrected chi connectivity index (χ3v) is 4.02. The molecule has 0 N–H and O–H groups in total. The zero-order chi connectivity index (χ0) is 18.6. The van der Waals surface area contributed by atoms with E-state index in [4.69, 9.17) is 0 Å². The molecule has 0 radical (unpaired) electrons. The van der Waals surface area contributed by atoms with Gasteiger partial charge >= 0.3 is 6.61 Å². The zero-order valence-electron chi connectivity index (χ0n) is 13.9. The molecule has 6 nitrogen and oxygen atoms in total. The van der Waals surface area contributed by atoms with Crippen LogP contribution in [0.1, 0.15) is 17.2 Å². The number of hydrogen-bond donors (Lipinski definition) is 0. The van der Waals surface area contributed by atoms with Gasteiger partial charge in [0, 0.05) is 30.2 Å². The van der Waals surface area contributed by atoms with E-state index in [1.165, 1.54) is 23.1 Å². The van der Waals surface area contributed by atoms with Gasteiger partial charge in [-0.1, -0.05) is 15.9 Å². The lowest BCUT2D eigenvalue weighted by Crippen LogP contribution is -2.25. The number of hydrogen-bond acceptors (Lipinski definition) is 4. The van der Waals surface area contributed by atoms with Crippen LogP contribution in [-0.4, -0.2) is 39.2 Å². The van der Waals surface area contributed by atoms with Gasteiger partial charge in [0.25, 0.3) is 0 Å². The molecule has 25 heavy (non-hydrogen) atoms. The molecule has 0 saturated carbocycles. The molecule has 134 valence electrons. The monoisotopic (exact) mass is 414 g/mol. The summed E-state index contributed by atoms with van der Waals surface area (Å²) in [5.74, 6) is 1.08. The molecule has 2 rings (SSSR count). The number of aromatic nitrogens is 3. The number of amides is 1. The number of alkyl halides is 2. The van der Waals surface area contributed by atoms with Crippen molar-refractivity contribution in [1.82, 2.24) is 19.7 Å². The van der Waals surface area contributed by atoms with Crippen molar-refractivity contribution in [2.24, 2.45) is 7.05 Å². The molecule has 0 aliphatic rings. The SMILES string of the molecule is Cc1nnc(CN(C)C(=O)/C=C/c2cc(Br)ccc2OC(F)F)n1C. The van der Waals surface area contributed by atoms with E-state index in [0.717, 1.165) is 5.82 Å². The van der Waals surface area contributed by atoms with Crippen LogP contribution < -0.4 is 4.74 Å². The van der Waals surface area contributed by atoms with Crippen LogP contribution in [0.4, 0.5) is 8.78 Å². The maximum Gasteiger partial charge on any atom is 0.387 e. The number of likely N-dealkylation sites (N-methyl/N-ethyl adjacent to an activating group) is 1. The average Bonchev–Trinajstić information content (AvgIpc) is 2.86. The predicted octanol–water partition coefficient (Wildman–Crippen LogP) is 3.16. The standard InChI is InChI=1S/C16H17BrF2N4O2/c1-10-20-21-14(23(10)3)9-22(2)15(24)7-4-11-8-12(17)5-6-13(11)25-16(18)19/h4-8,16H,9H2,1-3H3/b7-4+. The molecule has 1 aromatic carbocycles. The molecule has 9 heteroatoms. The maximum atomic E-state index is 12.5. The van der Waals surface area contributed by atoms with E-state index in [1.54, 1.807) is 23.7 Å². The molecule has 0 aliphatic carbocycles. The van der Waals surface area contributed by atoms with E-state index in [-0.39, 0.29) is 18.2 Å². The van der Waals surface area contributed by atoms with E-state index in [0.29, 0.717) is 15.9 Å². The first-order chi connectivity index (χ1) is 11.8. The molecule has 0 aliphatic heterocycles. The van der Waals surface area contributed by atoms with E-state index < -0.39 is 6.61 Å². The Bertz CT molecular complexity index is 792. The lowest BCUT2D eigenvalue weighted by atomic mass is 10.2. The van der Waals surface area contributed by atoms with Gasteiger partial charge in [0.2, 0.25) is 5.91 Å². The first-order valence-corrected chi connectivity index (χ1v) is 8.09. The number of aryl methyl sites for hydroxylation is 1. The van der Waals surface area contributed by atoms with Gasteiger partial charge in [-0.05, 0) is 31.2 Å². The van der Waals surface area contributed by atoms with Crippen molar-refractivity contribution in [2.45, 2.75) is 20.1 Å². The van der Waals surface area contributed by atoms with Crippen LogP contribution in [0.15, 0.2) is 28.7 Å². The smallest absolute Gasteiger partial charge is 0.387 e. The highest BCUT2D eigenvalue weighted by Crippen LogP contribution is 2.26. The number of carbonyl (C=O) groups excluding carboxylic acids is 1. The molecule has 1 aromatic heterocycles. The summed E-state index contributed by atoms with van der Waals surface area (Å²) in [6.45, 7) is -0.846. The molecule has 1 amide bonds. The van der Waals surface area contributed by atoms with E-state index in [9.17, 15) is 13.6 Å². The van der Waals surface area contributed by atoms with Crippen LogP contribution in [-0.2, 0) is 18.4 Å². The Balaban J connectivity index is 2.11. The van der Waals surface area contributed by atoms with Gasteiger partial charge in [-0.2, -0.15) is 8.78 Å². The van der Waals surface area contributed by atoms with Crippen molar-refractivity contribution >= 4 is 27.9 Å². The molecule has 1 heterocycles. The summed E-state index contributed by atoms with van der Waals surface area (Å²) in [5, 5.41) is 7.93. The van der Waals surface area contributed by atoms with Crippen LogP contribution in [0.5, 0.6) is 5.75 Å². The van der Waals surface area contributed by atoms with Gasteiger partial charge in [0.15, 0.2) is 5.82 Å². The summed E-state index contributed by atoms with van der Waals surface area (Å²) in [5.41, 5.74) is 0.367. The Morgan fingerprint density at radius 2 is 2.16 bits per heavy atom. The normalized spacial score (nSPS) is 11.3. The second-order valence-corrected chi connectivity index (χ2v) is 6.23. The molecular formula is C16H17BrF2N4O2. The first kappa shape index (κ1) is 19.0. The van der Waals surface area contributed by atoms with Crippen molar-refractivity contribution in [3.63, 3.8) is 0 Å². The Kier molecular flexibility index (Phi) is 6.24. The van der Waals surface area contributed by atoms with Gasteiger partial charge in [0.1, 0.15) is 11.6 Å². The number of rotatable bonds is 6. The zero-order valence-corrected chi connectivity index (χ0v) is 15.5. The van der Waals surface area contributed by atoms with Crippen LogP contribution in [0.3, 0.4) is 0 Å². The number of carbonyl (C=O) groups is 1. The molecule has 0 spiro atoms. The Morgan fingerprint density at radius 1 is 1.44 bits per heavy atom. The summed E-state index contributed by atoms with van der Waals surface area (Å²) in [7, 11) is 3.43. The van der Waals surface area contributed by atoms with E-state index in [2.05, 4.69) is 30.9 Å².